The van der Waals surface area contributed by atoms with Crippen LogP contribution >= 0.6 is 0 Å². The summed E-state index contributed by atoms with van der Waals surface area (Å²) in [6.45, 7) is 0.270. The summed E-state index contributed by atoms with van der Waals surface area (Å²) in [4.78, 5) is 12.1. The number of urea groups is 1. The van der Waals surface area contributed by atoms with E-state index in [2.05, 4.69) is 26.2 Å². The zero-order valence-corrected chi connectivity index (χ0v) is 13.7. The lowest BCUT2D eigenvalue weighted by Crippen LogP contribution is -2.45. The minimum absolute atomic E-state index is 0.270. The summed E-state index contributed by atoms with van der Waals surface area (Å²) in [5.41, 5.74) is 0.678. The van der Waals surface area contributed by atoms with Gasteiger partial charge in [-0.3, -0.25) is 0 Å². The van der Waals surface area contributed by atoms with Crippen molar-refractivity contribution < 1.29 is 9.90 Å². The summed E-state index contributed by atoms with van der Waals surface area (Å²) in [6, 6.07) is 6.97. The average Bonchev–Trinajstić information content (AvgIpc) is 3.00. The predicted octanol–water partition coefficient (Wildman–Crippen LogP) is 1.69. The first-order chi connectivity index (χ1) is 11.6. The van der Waals surface area contributed by atoms with Crippen LogP contribution in [0.25, 0.3) is 11.4 Å². The van der Waals surface area contributed by atoms with E-state index >= 15 is 0 Å². The highest BCUT2D eigenvalue weighted by Crippen LogP contribution is 2.27. The first-order valence-electron chi connectivity index (χ1n) is 8.16. The van der Waals surface area contributed by atoms with Crippen LogP contribution in [0.2, 0.25) is 0 Å². The molecule has 0 bridgehead atoms. The van der Waals surface area contributed by atoms with Crippen LogP contribution in [-0.4, -0.2) is 43.5 Å². The van der Waals surface area contributed by atoms with Crippen LogP contribution < -0.4 is 10.6 Å². The summed E-state index contributed by atoms with van der Waals surface area (Å²) < 4.78 is 1.57. The topological polar surface area (TPSA) is 105 Å². The first kappa shape index (κ1) is 16.4. The molecular formula is C16H22N6O2. The van der Waals surface area contributed by atoms with Gasteiger partial charge in [-0.25, -0.2) is 9.48 Å². The summed E-state index contributed by atoms with van der Waals surface area (Å²) >= 11 is 0. The lowest BCUT2D eigenvalue weighted by molar-refractivity contribution is 0.00755. The summed E-state index contributed by atoms with van der Waals surface area (Å²) in [5, 5.41) is 27.3. The number of carbonyl (C=O) groups is 1. The third kappa shape index (κ3) is 3.88. The average molecular weight is 330 g/mol. The van der Waals surface area contributed by atoms with E-state index < -0.39 is 5.60 Å². The Hall–Kier alpha value is -2.48. The van der Waals surface area contributed by atoms with Gasteiger partial charge in [-0.05, 0) is 35.4 Å². The second kappa shape index (κ2) is 6.96. The molecule has 1 aliphatic carbocycles. The SMILES string of the molecule is Cn1nnnc1-c1cccc(NC(=O)NCC2(O)CCCCC2)c1. The van der Waals surface area contributed by atoms with Crippen LogP contribution in [0.15, 0.2) is 24.3 Å². The molecule has 1 aromatic heterocycles. The summed E-state index contributed by atoms with van der Waals surface area (Å²) in [6.07, 6.45) is 4.64. The van der Waals surface area contributed by atoms with E-state index in [9.17, 15) is 9.90 Å². The molecule has 128 valence electrons. The molecule has 0 atom stereocenters. The van der Waals surface area contributed by atoms with Gasteiger partial charge in [0.05, 0.1) is 5.60 Å². The van der Waals surface area contributed by atoms with E-state index in [4.69, 9.17) is 0 Å². The molecule has 1 heterocycles. The van der Waals surface area contributed by atoms with Crippen molar-refractivity contribution in [3.8, 4) is 11.4 Å². The van der Waals surface area contributed by atoms with Crippen molar-refractivity contribution in [3.05, 3.63) is 24.3 Å². The van der Waals surface area contributed by atoms with Crippen LogP contribution in [0.1, 0.15) is 32.1 Å². The predicted molar refractivity (Wildman–Crippen MR) is 89.3 cm³/mol. The Morgan fingerprint density at radius 1 is 1.33 bits per heavy atom. The summed E-state index contributed by atoms with van der Waals surface area (Å²) in [7, 11) is 1.76. The van der Waals surface area contributed by atoms with E-state index in [-0.39, 0.29) is 12.6 Å². The number of hydrogen-bond acceptors (Lipinski definition) is 5. The van der Waals surface area contributed by atoms with Gasteiger partial charge in [-0.2, -0.15) is 0 Å². The van der Waals surface area contributed by atoms with Crippen LogP contribution in [0.3, 0.4) is 0 Å². The maximum atomic E-state index is 12.1. The zero-order valence-electron chi connectivity index (χ0n) is 13.7. The summed E-state index contributed by atoms with van der Waals surface area (Å²) in [5.74, 6) is 0.621. The highest BCUT2D eigenvalue weighted by atomic mass is 16.3. The van der Waals surface area contributed by atoms with Crippen LogP contribution in [0.5, 0.6) is 0 Å². The molecule has 8 nitrogen and oxygen atoms in total. The van der Waals surface area contributed by atoms with Gasteiger partial charge in [-0.1, -0.05) is 31.4 Å². The highest BCUT2D eigenvalue weighted by Gasteiger charge is 2.29. The van der Waals surface area contributed by atoms with Crippen LogP contribution in [0, 0.1) is 0 Å². The number of tetrazole rings is 1. The number of aromatic nitrogens is 4. The highest BCUT2D eigenvalue weighted by molar-refractivity contribution is 5.90. The minimum Gasteiger partial charge on any atom is -0.388 e. The quantitative estimate of drug-likeness (QED) is 0.791. The first-order valence-corrected chi connectivity index (χ1v) is 8.16. The van der Waals surface area contributed by atoms with Gasteiger partial charge < -0.3 is 15.7 Å². The Morgan fingerprint density at radius 2 is 2.12 bits per heavy atom. The Balaban J connectivity index is 1.59. The maximum absolute atomic E-state index is 12.1. The smallest absolute Gasteiger partial charge is 0.319 e. The number of anilines is 1. The number of amides is 2. The number of hydrogen-bond donors (Lipinski definition) is 3. The monoisotopic (exact) mass is 330 g/mol. The number of nitrogens with one attached hydrogen (secondary N) is 2. The molecule has 2 aromatic rings. The van der Waals surface area contributed by atoms with Gasteiger partial charge in [0, 0.05) is 24.8 Å². The standard InChI is InChI=1S/C16H22N6O2/c1-22-14(19-20-21-22)12-6-5-7-13(10-12)18-15(23)17-11-16(24)8-3-2-4-9-16/h5-7,10,24H,2-4,8-9,11H2,1H3,(H2,17,18,23). The molecule has 2 amide bonds. The number of nitrogens with zero attached hydrogens (tertiary/aromatic N) is 4. The lowest BCUT2D eigenvalue weighted by atomic mass is 9.85. The Bertz CT molecular complexity index is 708. The molecule has 0 unspecified atom stereocenters. The molecule has 1 aromatic carbocycles. The fourth-order valence-electron chi connectivity index (χ4n) is 3.02. The molecule has 3 rings (SSSR count). The van der Waals surface area contributed by atoms with E-state index in [1.807, 2.05) is 12.1 Å². The Kier molecular flexibility index (Phi) is 4.75. The van der Waals surface area contributed by atoms with Gasteiger partial charge in [0.2, 0.25) is 0 Å². The fraction of sp³-hybridized carbons (Fsp3) is 0.500. The van der Waals surface area contributed by atoms with E-state index in [0.717, 1.165) is 37.7 Å². The third-order valence-corrected chi connectivity index (χ3v) is 4.36. The number of benzene rings is 1. The van der Waals surface area contributed by atoms with Gasteiger partial charge in [0.1, 0.15) is 0 Å². The molecule has 0 aliphatic heterocycles. The van der Waals surface area contributed by atoms with E-state index in [0.29, 0.717) is 11.5 Å². The molecule has 0 saturated heterocycles. The van der Waals surface area contributed by atoms with Gasteiger partial charge in [0.15, 0.2) is 5.82 Å². The van der Waals surface area contributed by atoms with Crippen molar-refractivity contribution in [2.24, 2.45) is 7.05 Å². The largest absolute Gasteiger partial charge is 0.388 e. The van der Waals surface area contributed by atoms with Crippen molar-refractivity contribution in [2.75, 3.05) is 11.9 Å². The maximum Gasteiger partial charge on any atom is 0.319 e. The van der Waals surface area contributed by atoms with Crippen molar-refractivity contribution in [1.82, 2.24) is 25.5 Å². The zero-order chi connectivity index (χ0) is 17.0. The van der Waals surface area contributed by atoms with E-state index in [1.54, 1.807) is 23.9 Å². The minimum atomic E-state index is -0.776. The Labute approximate surface area is 140 Å². The number of aryl methyl sites for hydroxylation is 1. The molecule has 24 heavy (non-hydrogen) atoms. The molecule has 1 aliphatic rings. The molecule has 8 heteroatoms. The van der Waals surface area contributed by atoms with Crippen molar-refractivity contribution in [2.45, 2.75) is 37.7 Å². The van der Waals surface area contributed by atoms with Gasteiger partial charge >= 0.3 is 6.03 Å². The second-order valence-electron chi connectivity index (χ2n) is 6.30. The molecular weight excluding hydrogens is 308 g/mol. The Morgan fingerprint density at radius 3 is 2.83 bits per heavy atom. The lowest BCUT2D eigenvalue weighted by Gasteiger charge is -2.32. The van der Waals surface area contributed by atoms with Gasteiger partial charge in [-0.15, -0.1) is 5.10 Å². The van der Waals surface area contributed by atoms with Crippen molar-refractivity contribution in [3.63, 3.8) is 0 Å². The fourth-order valence-corrected chi connectivity index (χ4v) is 3.02. The molecule has 0 spiro atoms. The third-order valence-electron chi connectivity index (χ3n) is 4.36. The van der Waals surface area contributed by atoms with Crippen LogP contribution in [0.4, 0.5) is 10.5 Å². The molecule has 0 radical (unpaired) electrons. The molecule has 3 N–H and O–H groups in total. The second-order valence-corrected chi connectivity index (χ2v) is 6.30. The number of rotatable bonds is 4. The number of carbonyl (C=O) groups excluding carboxylic acids is 1. The normalized spacial score (nSPS) is 16.6. The molecule has 1 saturated carbocycles. The molecule has 1 fully saturated rings. The van der Waals surface area contributed by atoms with Gasteiger partial charge in [0.25, 0.3) is 0 Å². The number of aliphatic hydroxyl groups is 1. The van der Waals surface area contributed by atoms with Crippen molar-refractivity contribution >= 4 is 11.7 Å². The van der Waals surface area contributed by atoms with Crippen molar-refractivity contribution in [1.29, 1.82) is 0 Å². The van der Waals surface area contributed by atoms with E-state index in [1.165, 1.54) is 0 Å². The van der Waals surface area contributed by atoms with Crippen LogP contribution in [-0.2, 0) is 7.05 Å².